The van der Waals surface area contributed by atoms with Crippen LogP contribution in [-0.2, 0) is 11.3 Å². The second-order valence-electron chi connectivity index (χ2n) is 8.36. The molecule has 0 spiro atoms. The summed E-state index contributed by atoms with van der Waals surface area (Å²) in [5.74, 6) is -0.974. The van der Waals surface area contributed by atoms with Gasteiger partial charge in [0, 0.05) is 43.1 Å². The van der Waals surface area contributed by atoms with E-state index in [2.05, 4.69) is 25.5 Å². The normalized spacial score (nSPS) is 13.9. The van der Waals surface area contributed by atoms with Crippen LogP contribution in [0.1, 0.15) is 5.69 Å². The first-order valence-electron chi connectivity index (χ1n) is 11.5. The van der Waals surface area contributed by atoms with Crippen molar-refractivity contribution in [1.29, 1.82) is 0 Å². The maximum absolute atomic E-state index is 14.7. The summed E-state index contributed by atoms with van der Waals surface area (Å²) in [6.07, 6.45) is 1.75. The molecule has 0 unspecified atom stereocenters. The number of ether oxygens (including phenoxy) is 2. The van der Waals surface area contributed by atoms with E-state index in [1.807, 2.05) is 0 Å². The zero-order valence-corrected chi connectivity index (χ0v) is 20.3. The van der Waals surface area contributed by atoms with Crippen molar-refractivity contribution >= 4 is 40.0 Å². The monoisotopic (exact) mass is 525 g/mol. The Balaban J connectivity index is 1.24. The average Bonchev–Trinajstić information content (AvgIpc) is 2.88. The van der Waals surface area contributed by atoms with E-state index in [1.165, 1.54) is 24.3 Å². The number of hydrogen-bond acceptors (Lipinski definition) is 6. The molecule has 4 aromatic rings. The lowest BCUT2D eigenvalue weighted by atomic mass is 10.2. The average molecular weight is 526 g/mol. The van der Waals surface area contributed by atoms with Gasteiger partial charge >= 0.3 is 6.03 Å². The SMILES string of the molecule is O=C(Nc1ccc(Cl)c(F)c1)Nc1ccc(Oc2ccc3ncc(CN4CCOCC4)nc3c2)c(F)c1. The summed E-state index contributed by atoms with van der Waals surface area (Å²) >= 11 is 5.64. The van der Waals surface area contributed by atoms with Crippen LogP contribution in [0.25, 0.3) is 11.0 Å². The van der Waals surface area contributed by atoms with E-state index >= 15 is 0 Å². The van der Waals surface area contributed by atoms with E-state index in [1.54, 1.807) is 24.4 Å². The van der Waals surface area contributed by atoms with Gasteiger partial charge in [0.05, 0.1) is 41.2 Å². The van der Waals surface area contributed by atoms with Crippen molar-refractivity contribution in [2.75, 3.05) is 36.9 Å². The Morgan fingerprint density at radius 2 is 1.70 bits per heavy atom. The third-order valence-corrected chi connectivity index (χ3v) is 5.95. The van der Waals surface area contributed by atoms with Crippen LogP contribution in [0.2, 0.25) is 5.02 Å². The standard InChI is InChI=1S/C26H22ClF2N5O3/c27-20-4-1-16(11-21(20)28)32-26(35)33-17-2-6-25(22(29)12-17)37-19-3-5-23-24(13-19)31-18(14-30-23)15-34-7-9-36-10-8-34/h1-6,11-14H,7-10,15H2,(H2,32,33,35). The van der Waals surface area contributed by atoms with Crippen LogP contribution in [-0.4, -0.2) is 47.2 Å². The lowest BCUT2D eigenvalue weighted by molar-refractivity contribution is 0.0336. The summed E-state index contributed by atoms with van der Waals surface area (Å²) in [5, 5.41) is 4.88. The number of aromatic nitrogens is 2. The number of halogens is 3. The largest absolute Gasteiger partial charge is 0.454 e. The van der Waals surface area contributed by atoms with Crippen LogP contribution in [0, 0.1) is 11.6 Å². The number of nitrogens with one attached hydrogen (secondary N) is 2. The highest BCUT2D eigenvalue weighted by atomic mass is 35.5. The smallest absolute Gasteiger partial charge is 0.323 e. The predicted molar refractivity (Wildman–Crippen MR) is 136 cm³/mol. The third kappa shape index (κ3) is 6.29. The van der Waals surface area contributed by atoms with Gasteiger partial charge in [-0.1, -0.05) is 11.6 Å². The molecule has 0 atom stereocenters. The molecule has 2 N–H and O–H groups in total. The van der Waals surface area contributed by atoms with E-state index in [-0.39, 0.29) is 22.1 Å². The molecule has 1 fully saturated rings. The van der Waals surface area contributed by atoms with Gasteiger partial charge < -0.3 is 20.1 Å². The van der Waals surface area contributed by atoms with Gasteiger partial charge in [-0.3, -0.25) is 9.88 Å². The van der Waals surface area contributed by atoms with Crippen molar-refractivity contribution in [3.8, 4) is 11.5 Å². The zero-order valence-electron chi connectivity index (χ0n) is 19.5. The molecular formula is C26H22ClF2N5O3. The van der Waals surface area contributed by atoms with Gasteiger partial charge in [0.1, 0.15) is 11.6 Å². The maximum atomic E-state index is 14.7. The molecule has 1 aromatic heterocycles. The number of amides is 2. The van der Waals surface area contributed by atoms with Crippen molar-refractivity contribution in [2.24, 2.45) is 0 Å². The molecule has 1 aliphatic heterocycles. The summed E-state index contributed by atoms with van der Waals surface area (Å²) in [7, 11) is 0. The molecule has 3 aromatic carbocycles. The molecule has 2 amide bonds. The Morgan fingerprint density at radius 1 is 0.973 bits per heavy atom. The number of rotatable bonds is 6. The van der Waals surface area contributed by atoms with Gasteiger partial charge in [0.15, 0.2) is 11.6 Å². The molecule has 2 heterocycles. The second kappa shape index (κ2) is 11.0. The zero-order chi connectivity index (χ0) is 25.8. The van der Waals surface area contributed by atoms with Crippen molar-refractivity contribution in [1.82, 2.24) is 14.9 Å². The van der Waals surface area contributed by atoms with E-state index in [0.717, 1.165) is 30.9 Å². The summed E-state index contributed by atoms with van der Waals surface area (Å²) in [6.45, 7) is 3.75. The van der Waals surface area contributed by atoms with Gasteiger partial charge in [-0.15, -0.1) is 0 Å². The Kier molecular flexibility index (Phi) is 7.40. The highest BCUT2D eigenvalue weighted by molar-refractivity contribution is 6.30. The number of anilines is 2. The van der Waals surface area contributed by atoms with E-state index in [9.17, 15) is 13.6 Å². The molecule has 190 valence electrons. The van der Waals surface area contributed by atoms with E-state index < -0.39 is 17.7 Å². The number of hydrogen-bond donors (Lipinski definition) is 2. The lowest BCUT2D eigenvalue weighted by Crippen LogP contribution is -2.35. The highest BCUT2D eigenvalue weighted by Gasteiger charge is 2.13. The molecule has 37 heavy (non-hydrogen) atoms. The molecule has 5 rings (SSSR count). The molecule has 0 radical (unpaired) electrons. The molecule has 0 bridgehead atoms. The second-order valence-corrected chi connectivity index (χ2v) is 8.76. The van der Waals surface area contributed by atoms with Crippen LogP contribution in [0.15, 0.2) is 60.8 Å². The van der Waals surface area contributed by atoms with Gasteiger partial charge in [-0.25, -0.2) is 18.6 Å². The third-order valence-electron chi connectivity index (χ3n) is 5.65. The summed E-state index contributed by atoms with van der Waals surface area (Å²) < 4.78 is 39.4. The minimum Gasteiger partial charge on any atom is -0.454 e. The first-order chi connectivity index (χ1) is 17.9. The van der Waals surface area contributed by atoms with Crippen LogP contribution in [0.5, 0.6) is 11.5 Å². The van der Waals surface area contributed by atoms with Crippen molar-refractivity contribution in [3.63, 3.8) is 0 Å². The highest BCUT2D eigenvalue weighted by Crippen LogP contribution is 2.28. The number of benzene rings is 3. The van der Waals surface area contributed by atoms with Crippen LogP contribution in [0.3, 0.4) is 0 Å². The maximum Gasteiger partial charge on any atom is 0.323 e. The first-order valence-corrected chi connectivity index (χ1v) is 11.9. The minimum atomic E-state index is -0.678. The number of carbonyl (C=O) groups is 1. The fourth-order valence-electron chi connectivity index (χ4n) is 3.81. The van der Waals surface area contributed by atoms with Crippen LogP contribution in [0.4, 0.5) is 25.0 Å². The number of urea groups is 1. The summed E-state index contributed by atoms with van der Waals surface area (Å²) in [5.41, 5.74) is 2.55. The first kappa shape index (κ1) is 24.8. The van der Waals surface area contributed by atoms with Crippen LogP contribution < -0.4 is 15.4 Å². The van der Waals surface area contributed by atoms with E-state index in [4.69, 9.17) is 21.1 Å². The molecular weight excluding hydrogens is 504 g/mol. The molecule has 0 saturated carbocycles. The van der Waals surface area contributed by atoms with Crippen molar-refractivity contribution in [3.05, 3.63) is 83.1 Å². The number of nitrogens with zero attached hydrogens (tertiary/aromatic N) is 3. The number of fused-ring (bicyclic) bond motifs is 1. The Labute approximate surface area is 216 Å². The van der Waals surface area contributed by atoms with Gasteiger partial charge in [0.25, 0.3) is 0 Å². The number of morpholine rings is 1. The molecule has 0 aliphatic carbocycles. The molecule has 8 nitrogen and oxygen atoms in total. The number of carbonyl (C=O) groups excluding carboxylic acids is 1. The summed E-state index contributed by atoms with van der Waals surface area (Å²) in [4.78, 5) is 23.6. The Hall–Kier alpha value is -3.86. The predicted octanol–water partition coefficient (Wildman–Crippen LogP) is 5.83. The Bertz CT molecular complexity index is 1450. The fourth-order valence-corrected chi connectivity index (χ4v) is 3.93. The van der Waals surface area contributed by atoms with E-state index in [0.29, 0.717) is 36.5 Å². The van der Waals surface area contributed by atoms with Gasteiger partial charge in [-0.05, 0) is 42.5 Å². The quantitative estimate of drug-likeness (QED) is 0.329. The Morgan fingerprint density at radius 3 is 2.43 bits per heavy atom. The minimum absolute atomic E-state index is 0.0255. The summed E-state index contributed by atoms with van der Waals surface area (Å²) in [6, 6.07) is 12.3. The molecule has 11 heteroatoms. The molecule has 1 saturated heterocycles. The van der Waals surface area contributed by atoms with Gasteiger partial charge in [-0.2, -0.15) is 0 Å². The topological polar surface area (TPSA) is 88.6 Å². The van der Waals surface area contributed by atoms with Crippen molar-refractivity contribution < 1.29 is 23.0 Å². The lowest BCUT2D eigenvalue weighted by Gasteiger charge is -2.26. The molecule has 1 aliphatic rings. The van der Waals surface area contributed by atoms with Gasteiger partial charge in [0.2, 0.25) is 0 Å². The fraction of sp³-hybridized carbons (Fsp3) is 0.192. The van der Waals surface area contributed by atoms with Crippen LogP contribution >= 0.6 is 11.6 Å². The van der Waals surface area contributed by atoms with Crippen molar-refractivity contribution in [2.45, 2.75) is 6.54 Å².